The summed E-state index contributed by atoms with van der Waals surface area (Å²) in [5.74, 6) is -0.00304. The summed E-state index contributed by atoms with van der Waals surface area (Å²) in [6.45, 7) is 9.26. The van der Waals surface area contributed by atoms with Gasteiger partial charge in [0.2, 0.25) is 0 Å². The smallest absolute Gasteiger partial charge is 0.278 e. The number of unbranched alkanes of at least 4 members (excludes halogenated alkanes) is 1. The van der Waals surface area contributed by atoms with Gasteiger partial charge in [-0.2, -0.15) is 5.10 Å². The van der Waals surface area contributed by atoms with Gasteiger partial charge < -0.3 is 10.2 Å². The SMILES string of the molecule is C=C(C)CCC/C=C\C(C)=Nc1ncc(C2CC2)nc1C(=O)Nc1cnn(C)c1C(=O)N1CCC1. The molecule has 2 aliphatic rings. The minimum absolute atomic E-state index is 0.143. The molecule has 0 radical (unpaired) electrons. The van der Waals surface area contributed by atoms with Crippen LogP contribution < -0.4 is 5.32 Å². The lowest BCUT2D eigenvalue weighted by molar-refractivity contribution is 0.0641. The Morgan fingerprint density at radius 1 is 1.26 bits per heavy atom. The van der Waals surface area contributed by atoms with Gasteiger partial charge in [-0.15, -0.1) is 6.58 Å². The van der Waals surface area contributed by atoms with E-state index >= 15 is 0 Å². The number of nitrogens with zero attached hydrogens (tertiary/aromatic N) is 6. The van der Waals surface area contributed by atoms with Gasteiger partial charge in [0.25, 0.3) is 11.8 Å². The minimum Gasteiger partial charge on any atom is -0.337 e. The molecule has 9 nitrogen and oxygen atoms in total. The summed E-state index contributed by atoms with van der Waals surface area (Å²) in [6, 6.07) is 0. The van der Waals surface area contributed by atoms with Crippen molar-refractivity contribution in [1.29, 1.82) is 0 Å². The molecular weight excluding hydrogens is 442 g/mol. The lowest BCUT2D eigenvalue weighted by atomic mass is 10.1. The van der Waals surface area contributed by atoms with Crippen LogP contribution in [0.25, 0.3) is 0 Å². The molecule has 3 heterocycles. The van der Waals surface area contributed by atoms with Crippen LogP contribution in [0.4, 0.5) is 11.5 Å². The number of hydrogen-bond acceptors (Lipinski definition) is 6. The first-order chi connectivity index (χ1) is 16.8. The normalized spacial score (nSPS) is 15.9. The molecule has 1 aliphatic carbocycles. The van der Waals surface area contributed by atoms with E-state index in [1.54, 1.807) is 18.1 Å². The number of rotatable bonds is 10. The predicted octanol–water partition coefficient (Wildman–Crippen LogP) is 4.58. The summed E-state index contributed by atoms with van der Waals surface area (Å²) >= 11 is 0. The maximum atomic E-state index is 13.3. The third kappa shape index (κ3) is 6.09. The topological polar surface area (TPSA) is 105 Å². The number of allylic oxidation sites excluding steroid dienone is 3. The lowest BCUT2D eigenvalue weighted by Crippen LogP contribution is -2.43. The summed E-state index contributed by atoms with van der Waals surface area (Å²) in [4.78, 5) is 41.6. The highest BCUT2D eigenvalue weighted by Crippen LogP contribution is 2.39. The van der Waals surface area contributed by atoms with Crippen molar-refractivity contribution in [2.45, 2.75) is 58.3 Å². The van der Waals surface area contributed by atoms with E-state index in [4.69, 9.17) is 0 Å². The van der Waals surface area contributed by atoms with Crippen LogP contribution in [0.5, 0.6) is 0 Å². The van der Waals surface area contributed by atoms with Crippen molar-refractivity contribution in [2.75, 3.05) is 18.4 Å². The molecule has 1 aliphatic heterocycles. The number of nitrogens with one attached hydrogen (secondary N) is 1. The zero-order chi connectivity index (χ0) is 24.9. The Labute approximate surface area is 206 Å². The fraction of sp³-hybridized carbons (Fsp3) is 0.462. The Kier molecular flexibility index (Phi) is 7.53. The van der Waals surface area contributed by atoms with E-state index in [9.17, 15) is 9.59 Å². The lowest BCUT2D eigenvalue weighted by Gasteiger charge is -2.31. The first-order valence-electron chi connectivity index (χ1n) is 12.2. The third-order valence-corrected chi connectivity index (χ3v) is 6.13. The second-order valence-corrected chi connectivity index (χ2v) is 9.38. The number of carbonyl (C=O) groups is 2. The highest BCUT2D eigenvalue weighted by atomic mass is 16.2. The van der Waals surface area contributed by atoms with Crippen molar-refractivity contribution in [3.05, 3.63) is 53.8 Å². The highest BCUT2D eigenvalue weighted by Gasteiger charge is 2.30. The second-order valence-electron chi connectivity index (χ2n) is 9.38. The molecule has 35 heavy (non-hydrogen) atoms. The maximum Gasteiger partial charge on any atom is 0.278 e. The van der Waals surface area contributed by atoms with E-state index in [2.05, 4.69) is 38.0 Å². The minimum atomic E-state index is -0.456. The predicted molar refractivity (Wildman–Crippen MR) is 136 cm³/mol. The summed E-state index contributed by atoms with van der Waals surface area (Å²) in [5, 5.41) is 7.02. The molecule has 2 amide bonds. The van der Waals surface area contributed by atoms with E-state index in [1.807, 2.05) is 19.9 Å². The van der Waals surface area contributed by atoms with Gasteiger partial charge in [-0.05, 0) is 58.4 Å². The van der Waals surface area contributed by atoms with Crippen LogP contribution in [-0.4, -0.2) is 55.3 Å². The molecule has 1 saturated heterocycles. The van der Waals surface area contributed by atoms with Crippen molar-refractivity contribution in [3.8, 4) is 0 Å². The van der Waals surface area contributed by atoms with Gasteiger partial charge in [-0.25, -0.2) is 15.0 Å². The molecular formula is C26H33N7O2. The second kappa shape index (κ2) is 10.8. The molecule has 0 atom stereocenters. The average molecular weight is 476 g/mol. The van der Waals surface area contributed by atoms with E-state index < -0.39 is 5.91 Å². The van der Waals surface area contributed by atoms with E-state index in [0.717, 1.165) is 49.9 Å². The maximum absolute atomic E-state index is 13.3. The first-order valence-corrected chi connectivity index (χ1v) is 12.2. The average Bonchev–Trinajstić information content (AvgIpc) is 3.55. The molecule has 0 bridgehead atoms. The zero-order valence-corrected chi connectivity index (χ0v) is 20.8. The van der Waals surface area contributed by atoms with Gasteiger partial charge in [0.15, 0.2) is 11.5 Å². The Bertz CT molecular complexity index is 1190. The molecule has 1 N–H and O–H groups in total. The van der Waals surface area contributed by atoms with Gasteiger partial charge in [0, 0.05) is 31.8 Å². The fourth-order valence-electron chi connectivity index (χ4n) is 3.82. The van der Waals surface area contributed by atoms with Gasteiger partial charge in [-0.3, -0.25) is 14.3 Å². The standard InChI is InChI=1S/C26H33N7O2/c1-17(2)9-6-5-7-10-18(3)29-24-22(30-20(15-27-24)19-11-12-19)25(34)31-21-16-28-32(4)23(21)26(35)33-13-8-14-33/h7,10,15-16,19H,1,5-6,8-9,11-14H2,2-4H3,(H,31,34)/b10-7-,29-18?. The van der Waals surface area contributed by atoms with Crippen molar-refractivity contribution >= 4 is 29.0 Å². The Morgan fingerprint density at radius 3 is 2.69 bits per heavy atom. The number of amides is 2. The number of likely N-dealkylation sites (tertiary alicyclic amines) is 1. The molecule has 9 heteroatoms. The summed E-state index contributed by atoms with van der Waals surface area (Å²) in [7, 11) is 1.69. The largest absolute Gasteiger partial charge is 0.337 e. The number of aromatic nitrogens is 4. The summed E-state index contributed by atoms with van der Waals surface area (Å²) in [6.07, 6.45) is 13.2. The Hall–Kier alpha value is -3.62. The van der Waals surface area contributed by atoms with Gasteiger partial charge >= 0.3 is 0 Å². The van der Waals surface area contributed by atoms with Gasteiger partial charge in [0.05, 0.1) is 23.8 Å². The first kappa shape index (κ1) is 24.5. The molecule has 2 fully saturated rings. The Balaban J connectivity index is 1.55. The molecule has 0 aromatic carbocycles. The van der Waals surface area contributed by atoms with Crippen LogP contribution in [0.1, 0.15) is 85.0 Å². The summed E-state index contributed by atoms with van der Waals surface area (Å²) in [5.41, 5.74) is 3.56. The Morgan fingerprint density at radius 2 is 2.03 bits per heavy atom. The highest BCUT2D eigenvalue weighted by molar-refractivity contribution is 6.09. The van der Waals surface area contributed by atoms with Gasteiger partial charge in [-0.1, -0.05) is 11.6 Å². The van der Waals surface area contributed by atoms with Crippen molar-refractivity contribution in [1.82, 2.24) is 24.6 Å². The summed E-state index contributed by atoms with van der Waals surface area (Å²) < 4.78 is 1.49. The monoisotopic (exact) mass is 475 g/mol. The van der Waals surface area contributed by atoms with Crippen LogP contribution in [0.15, 0.2) is 41.7 Å². The molecule has 4 rings (SSSR count). The number of carbonyl (C=O) groups excluding carboxylic acids is 2. The van der Waals surface area contributed by atoms with Crippen LogP contribution in [-0.2, 0) is 7.05 Å². The number of aryl methyl sites for hydroxylation is 1. The number of anilines is 1. The molecule has 0 unspecified atom stereocenters. The fourth-order valence-corrected chi connectivity index (χ4v) is 3.82. The van der Waals surface area contributed by atoms with E-state index in [0.29, 0.717) is 30.4 Å². The van der Waals surface area contributed by atoms with Gasteiger partial charge in [0.1, 0.15) is 5.69 Å². The number of aliphatic imine (C=N–C) groups is 1. The van der Waals surface area contributed by atoms with E-state index in [1.165, 1.54) is 16.5 Å². The molecule has 2 aromatic heterocycles. The van der Waals surface area contributed by atoms with Crippen LogP contribution in [0, 0.1) is 0 Å². The van der Waals surface area contributed by atoms with Crippen molar-refractivity contribution < 1.29 is 9.59 Å². The van der Waals surface area contributed by atoms with Crippen LogP contribution >= 0.6 is 0 Å². The third-order valence-electron chi connectivity index (χ3n) is 6.13. The molecule has 0 spiro atoms. The zero-order valence-electron chi connectivity index (χ0n) is 20.8. The molecule has 1 saturated carbocycles. The van der Waals surface area contributed by atoms with Crippen molar-refractivity contribution in [2.24, 2.45) is 12.0 Å². The molecule has 184 valence electrons. The van der Waals surface area contributed by atoms with Crippen molar-refractivity contribution in [3.63, 3.8) is 0 Å². The van der Waals surface area contributed by atoms with E-state index in [-0.39, 0.29) is 17.4 Å². The van der Waals surface area contributed by atoms with Crippen LogP contribution in [0.3, 0.4) is 0 Å². The quantitative estimate of drug-likeness (QED) is 0.308. The van der Waals surface area contributed by atoms with Crippen LogP contribution in [0.2, 0.25) is 0 Å². The molecule has 2 aromatic rings. The number of hydrogen-bond donors (Lipinski definition) is 1.